The van der Waals surface area contributed by atoms with E-state index in [1.165, 1.54) is 4.31 Å². The number of nitrogens with two attached hydrogens (primary N) is 1. The van der Waals surface area contributed by atoms with E-state index in [2.05, 4.69) is 15.5 Å². The fourth-order valence-electron chi connectivity index (χ4n) is 5.21. The van der Waals surface area contributed by atoms with Crippen LogP contribution in [0.4, 0.5) is 4.79 Å². The summed E-state index contributed by atoms with van der Waals surface area (Å²) in [6.07, 6.45) is -0.157. The third-order valence-corrected chi connectivity index (χ3v) is 9.76. The zero-order chi connectivity index (χ0) is 32.1. The molecule has 1 atom stereocenters. The van der Waals surface area contributed by atoms with Crippen molar-refractivity contribution in [3.05, 3.63) is 54.1 Å². The summed E-state index contributed by atoms with van der Waals surface area (Å²) in [5.41, 5.74) is 6.08. The Morgan fingerprint density at radius 1 is 0.955 bits per heavy atom. The number of ether oxygens (including phenoxy) is 2. The first-order valence-electron chi connectivity index (χ1n) is 14.8. The number of amides is 3. The number of carbonyl (C=O) groups excluding carboxylic acids is 3. The molecule has 12 nitrogen and oxygen atoms in total. The Hall–Kier alpha value is -3.52. The number of benzene rings is 2. The molecule has 2 fully saturated rings. The molecule has 3 amide bonds. The van der Waals surface area contributed by atoms with E-state index < -0.39 is 45.1 Å². The van der Waals surface area contributed by atoms with Crippen molar-refractivity contribution in [2.75, 3.05) is 46.4 Å². The minimum absolute atomic E-state index is 0.141. The minimum atomic E-state index is -3.56. The van der Waals surface area contributed by atoms with Gasteiger partial charge in [0.25, 0.3) is 0 Å². The number of alkyl carbamates (subject to hydrolysis) is 1. The highest BCUT2D eigenvalue weighted by Gasteiger charge is 2.43. The highest BCUT2D eigenvalue weighted by Crippen LogP contribution is 2.25. The number of likely N-dealkylation sites (N-methyl/N-ethyl adjacent to an activating group) is 1. The lowest BCUT2D eigenvalue weighted by molar-refractivity contribution is -0.135. The highest BCUT2D eigenvalue weighted by atomic mass is 32.2. The molecular weight excluding hydrogens is 586 g/mol. The Morgan fingerprint density at radius 3 is 2.02 bits per heavy atom. The van der Waals surface area contributed by atoms with Crippen molar-refractivity contribution >= 4 is 27.9 Å². The Balaban J connectivity index is 1.42. The van der Waals surface area contributed by atoms with Gasteiger partial charge < -0.3 is 30.7 Å². The molecule has 2 aliphatic heterocycles. The number of rotatable bonds is 9. The SMILES string of the molecule is CN1CCN(S(=O)(=O)c2ccc(-c3ccc(CC(NC(=O)C4(NC(=O)OC(C)(C)C)CCOCC4)C(N)=O)cc3)cc2)CC1. The van der Waals surface area contributed by atoms with Gasteiger partial charge in [0.05, 0.1) is 4.90 Å². The summed E-state index contributed by atoms with van der Waals surface area (Å²) in [7, 11) is -1.58. The van der Waals surface area contributed by atoms with Gasteiger partial charge in [-0.1, -0.05) is 36.4 Å². The standard InChI is InChI=1S/C31H43N5O7S/c1-30(2,3)43-29(39)34-31(13-19-42-20-14-31)28(38)33-26(27(32)37)21-22-5-7-23(8-6-22)24-9-11-25(12-10-24)44(40,41)36-17-15-35(4)16-18-36/h5-12,26H,13-21H2,1-4H3,(H2,32,37)(H,33,38)(H,34,39). The van der Waals surface area contributed by atoms with Crippen LogP contribution in [0.5, 0.6) is 0 Å². The van der Waals surface area contributed by atoms with Gasteiger partial charge in [-0.3, -0.25) is 9.59 Å². The minimum Gasteiger partial charge on any atom is -0.444 e. The molecule has 0 radical (unpaired) electrons. The van der Waals surface area contributed by atoms with Crippen molar-refractivity contribution in [3.63, 3.8) is 0 Å². The first-order chi connectivity index (χ1) is 20.7. The molecule has 44 heavy (non-hydrogen) atoms. The summed E-state index contributed by atoms with van der Waals surface area (Å²) in [5, 5.41) is 5.45. The maximum absolute atomic E-state index is 13.5. The largest absolute Gasteiger partial charge is 0.444 e. The molecule has 2 saturated heterocycles. The van der Waals surface area contributed by atoms with Crippen LogP contribution in [0.1, 0.15) is 39.2 Å². The van der Waals surface area contributed by atoms with E-state index in [9.17, 15) is 22.8 Å². The van der Waals surface area contributed by atoms with E-state index in [4.69, 9.17) is 15.2 Å². The summed E-state index contributed by atoms with van der Waals surface area (Å²) in [4.78, 5) is 40.8. The van der Waals surface area contributed by atoms with Gasteiger partial charge in [0.1, 0.15) is 17.2 Å². The Labute approximate surface area is 259 Å². The first kappa shape index (κ1) is 33.4. The van der Waals surface area contributed by atoms with E-state index >= 15 is 0 Å². The average Bonchev–Trinajstić information content (AvgIpc) is 2.97. The maximum atomic E-state index is 13.5. The second-order valence-electron chi connectivity index (χ2n) is 12.4. The molecule has 240 valence electrons. The van der Waals surface area contributed by atoms with Crippen LogP contribution in [-0.2, 0) is 35.5 Å². The van der Waals surface area contributed by atoms with Crippen molar-refractivity contribution in [1.29, 1.82) is 0 Å². The molecule has 0 spiro atoms. The topological polar surface area (TPSA) is 160 Å². The number of nitrogens with one attached hydrogen (secondary N) is 2. The lowest BCUT2D eigenvalue weighted by Gasteiger charge is -2.37. The molecule has 13 heteroatoms. The normalized spacial score (nSPS) is 18.6. The molecule has 4 rings (SSSR count). The van der Waals surface area contributed by atoms with Crippen LogP contribution in [0.25, 0.3) is 11.1 Å². The maximum Gasteiger partial charge on any atom is 0.408 e. The van der Waals surface area contributed by atoms with Crippen molar-refractivity contribution in [2.45, 2.75) is 62.1 Å². The predicted molar refractivity (Wildman–Crippen MR) is 165 cm³/mol. The third kappa shape index (κ3) is 8.35. The van der Waals surface area contributed by atoms with Crippen LogP contribution in [0.15, 0.2) is 53.4 Å². The Morgan fingerprint density at radius 2 is 1.50 bits per heavy atom. The molecule has 2 aromatic carbocycles. The summed E-state index contributed by atoms with van der Waals surface area (Å²) < 4.78 is 38.4. The van der Waals surface area contributed by atoms with Gasteiger partial charge in [0.15, 0.2) is 0 Å². The Kier molecular flexibility index (Phi) is 10.3. The van der Waals surface area contributed by atoms with E-state index in [0.29, 0.717) is 26.2 Å². The number of nitrogens with zero attached hydrogens (tertiary/aromatic N) is 2. The number of primary amides is 1. The fourth-order valence-corrected chi connectivity index (χ4v) is 6.63. The van der Waals surface area contributed by atoms with Gasteiger partial charge >= 0.3 is 6.09 Å². The third-order valence-electron chi connectivity index (χ3n) is 7.85. The summed E-state index contributed by atoms with van der Waals surface area (Å²) >= 11 is 0. The van der Waals surface area contributed by atoms with E-state index in [-0.39, 0.29) is 37.4 Å². The molecule has 2 aromatic rings. The number of hydrogen-bond acceptors (Lipinski definition) is 8. The first-order valence-corrected chi connectivity index (χ1v) is 16.2. The van der Waals surface area contributed by atoms with Crippen LogP contribution in [0.2, 0.25) is 0 Å². The van der Waals surface area contributed by atoms with Crippen molar-refractivity contribution in [2.24, 2.45) is 5.73 Å². The van der Waals surface area contributed by atoms with E-state index in [1.54, 1.807) is 45.0 Å². The monoisotopic (exact) mass is 629 g/mol. The smallest absolute Gasteiger partial charge is 0.408 e. The number of hydrogen-bond donors (Lipinski definition) is 3. The number of carbonyl (C=O) groups is 3. The second-order valence-corrected chi connectivity index (χ2v) is 14.3. The fraction of sp³-hybridized carbons (Fsp3) is 0.516. The van der Waals surface area contributed by atoms with Gasteiger partial charge in [-0.15, -0.1) is 0 Å². The van der Waals surface area contributed by atoms with Crippen LogP contribution in [0, 0.1) is 0 Å². The molecule has 1 unspecified atom stereocenters. The van der Waals surface area contributed by atoms with Crippen LogP contribution in [-0.4, -0.2) is 99.2 Å². The molecule has 2 heterocycles. The predicted octanol–water partition coefficient (Wildman–Crippen LogP) is 1.88. The van der Waals surface area contributed by atoms with Crippen LogP contribution in [0.3, 0.4) is 0 Å². The summed E-state index contributed by atoms with van der Waals surface area (Å²) in [6, 6.07) is 13.1. The van der Waals surface area contributed by atoms with Gasteiger partial charge in [0, 0.05) is 58.7 Å². The molecule has 0 aliphatic carbocycles. The van der Waals surface area contributed by atoms with E-state index in [1.807, 2.05) is 31.3 Å². The second kappa shape index (κ2) is 13.6. The van der Waals surface area contributed by atoms with Crippen LogP contribution < -0.4 is 16.4 Å². The molecule has 4 N–H and O–H groups in total. The zero-order valence-corrected chi connectivity index (χ0v) is 26.6. The van der Waals surface area contributed by atoms with Gasteiger partial charge in [0.2, 0.25) is 21.8 Å². The number of sulfonamides is 1. The average molecular weight is 630 g/mol. The van der Waals surface area contributed by atoms with Gasteiger partial charge in [-0.2, -0.15) is 4.31 Å². The molecular formula is C31H43N5O7S. The zero-order valence-electron chi connectivity index (χ0n) is 25.8. The van der Waals surface area contributed by atoms with Crippen molar-refractivity contribution in [1.82, 2.24) is 19.8 Å². The highest BCUT2D eigenvalue weighted by molar-refractivity contribution is 7.89. The Bertz CT molecular complexity index is 1430. The molecule has 2 aliphatic rings. The number of piperazine rings is 1. The molecule has 0 bridgehead atoms. The van der Waals surface area contributed by atoms with Gasteiger partial charge in [-0.25, -0.2) is 13.2 Å². The lowest BCUT2D eigenvalue weighted by Crippen LogP contribution is -2.64. The molecule has 0 saturated carbocycles. The van der Waals surface area contributed by atoms with Gasteiger partial charge in [-0.05, 0) is 56.6 Å². The summed E-state index contributed by atoms with van der Waals surface area (Å²) in [6.45, 7) is 8.02. The lowest BCUT2D eigenvalue weighted by atomic mass is 9.88. The van der Waals surface area contributed by atoms with Crippen LogP contribution >= 0.6 is 0 Å². The summed E-state index contributed by atoms with van der Waals surface area (Å²) in [5.74, 6) is -1.24. The van der Waals surface area contributed by atoms with Crippen molar-refractivity contribution < 1.29 is 32.3 Å². The van der Waals surface area contributed by atoms with E-state index in [0.717, 1.165) is 16.7 Å². The molecule has 0 aromatic heterocycles. The van der Waals surface area contributed by atoms with Crippen molar-refractivity contribution in [3.8, 4) is 11.1 Å². The quantitative estimate of drug-likeness (QED) is 0.379.